The summed E-state index contributed by atoms with van der Waals surface area (Å²) in [5.41, 5.74) is 7.64. The second kappa shape index (κ2) is 5.16. The van der Waals surface area contributed by atoms with Crippen molar-refractivity contribution in [3.8, 4) is 11.9 Å². The average Bonchev–Trinajstić information content (AvgIpc) is 2.26. The molecule has 0 aromatic heterocycles. The van der Waals surface area contributed by atoms with Gasteiger partial charge in [0.15, 0.2) is 0 Å². The normalized spacial score (nSPS) is 13.2. The summed E-state index contributed by atoms with van der Waals surface area (Å²) in [6, 6.07) is 3.61. The summed E-state index contributed by atoms with van der Waals surface area (Å²) < 4.78 is 0. The van der Waals surface area contributed by atoms with Crippen molar-refractivity contribution in [3.05, 3.63) is 28.8 Å². The summed E-state index contributed by atoms with van der Waals surface area (Å²) >= 11 is 0. The van der Waals surface area contributed by atoms with Gasteiger partial charge < -0.3 is 10.8 Å². The lowest BCUT2D eigenvalue weighted by Gasteiger charge is -2.28. The van der Waals surface area contributed by atoms with Crippen LogP contribution in [0.5, 0.6) is 5.75 Å². The summed E-state index contributed by atoms with van der Waals surface area (Å²) in [6.45, 7) is 12.1. The molecule has 0 heterocycles. The van der Waals surface area contributed by atoms with Gasteiger partial charge in [0.05, 0.1) is 0 Å². The molecule has 4 nitrogen and oxygen atoms in total. The van der Waals surface area contributed by atoms with E-state index in [9.17, 15) is 5.11 Å². The first-order valence-corrected chi connectivity index (χ1v) is 6.59. The smallest absolute Gasteiger partial charge is 0.207 e. The number of hydrogen-bond donors (Lipinski definition) is 2. The van der Waals surface area contributed by atoms with Crippen molar-refractivity contribution in [3.63, 3.8) is 0 Å². The number of hydrogen-bond acceptors (Lipinski definition) is 3. The minimum atomic E-state index is -0.229. The highest BCUT2D eigenvalue weighted by Gasteiger charge is 2.27. The Balaban J connectivity index is 3.69. The number of nitrogens with zero attached hydrogens (tertiary/aromatic N) is 2. The van der Waals surface area contributed by atoms with Crippen LogP contribution in [0.15, 0.2) is 17.1 Å². The fraction of sp³-hybridized carbons (Fsp3) is 0.500. The number of amidine groups is 1. The topological polar surface area (TPSA) is 82.4 Å². The standard InChI is InChI=1S/C16H23N3O/c1-15(2,3)11-7-10(14(18)19-9-17)8-12(13(11)20)16(4,5)6/h7-8,20H,1-6H3,(H2,18,19). The van der Waals surface area contributed by atoms with Crippen LogP contribution >= 0.6 is 0 Å². The first-order chi connectivity index (χ1) is 8.98. The molecule has 0 saturated carbocycles. The van der Waals surface area contributed by atoms with Crippen LogP contribution in [0.2, 0.25) is 0 Å². The molecule has 0 bridgehead atoms. The molecular formula is C16H23N3O. The fourth-order valence-electron chi connectivity index (χ4n) is 2.04. The molecule has 0 amide bonds. The van der Waals surface area contributed by atoms with Gasteiger partial charge >= 0.3 is 0 Å². The number of benzene rings is 1. The summed E-state index contributed by atoms with van der Waals surface area (Å²) in [4.78, 5) is 3.59. The van der Waals surface area contributed by atoms with Gasteiger partial charge in [-0.1, -0.05) is 41.5 Å². The monoisotopic (exact) mass is 273 g/mol. The Morgan fingerprint density at radius 1 is 1.10 bits per heavy atom. The first-order valence-electron chi connectivity index (χ1n) is 6.59. The average molecular weight is 273 g/mol. The van der Waals surface area contributed by atoms with Crippen LogP contribution in [0, 0.1) is 11.5 Å². The minimum absolute atomic E-state index is 0.170. The predicted octanol–water partition coefficient (Wildman–Crippen LogP) is 3.17. The molecule has 0 aliphatic heterocycles. The third-order valence-corrected chi connectivity index (χ3v) is 3.19. The Hall–Kier alpha value is -2.02. The second-order valence-electron chi connectivity index (χ2n) is 7.02. The fourth-order valence-corrected chi connectivity index (χ4v) is 2.04. The number of nitriles is 1. The molecule has 0 unspecified atom stereocenters. The van der Waals surface area contributed by atoms with E-state index in [1.807, 2.05) is 41.5 Å². The highest BCUT2D eigenvalue weighted by Crippen LogP contribution is 2.39. The van der Waals surface area contributed by atoms with Crippen LogP contribution in [-0.2, 0) is 10.8 Å². The Labute approximate surface area is 121 Å². The van der Waals surface area contributed by atoms with Gasteiger partial charge in [0.2, 0.25) is 6.19 Å². The number of aromatic hydroxyl groups is 1. The van der Waals surface area contributed by atoms with E-state index in [1.165, 1.54) is 0 Å². The van der Waals surface area contributed by atoms with Crippen molar-refractivity contribution in [2.45, 2.75) is 52.4 Å². The molecule has 0 aliphatic carbocycles. The Morgan fingerprint density at radius 3 is 1.80 bits per heavy atom. The molecule has 1 aromatic carbocycles. The Morgan fingerprint density at radius 2 is 1.50 bits per heavy atom. The molecule has 0 spiro atoms. The molecule has 0 radical (unpaired) electrons. The van der Waals surface area contributed by atoms with Gasteiger partial charge in [0.25, 0.3) is 0 Å². The molecule has 3 N–H and O–H groups in total. The molecule has 1 aromatic rings. The Kier molecular flexibility index (Phi) is 4.14. The van der Waals surface area contributed by atoms with Gasteiger partial charge in [0.1, 0.15) is 11.6 Å². The maximum absolute atomic E-state index is 10.6. The summed E-state index contributed by atoms with van der Waals surface area (Å²) in [7, 11) is 0. The quantitative estimate of drug-likeness (QED) is 0.468. The number of rotatable bonds is 1. The van der Waals surface area contributed by atoms with E-state index >= 15 is 0 Å². The van der Waals surface area contributed by atoms with Crippen LogP contribution in [0.1, 0.15) is 58.2 Å². The van der Waals surface area contributed by atoms with Crippen molar-refractivity contribution in [2.24, 2.45) is 10.7 Å². The van der Waals surface area contributed by atoms with Crippen LogP contribution in [0.3, 0.4) is 0 Å². The van der Waals surface area contributed by atoms with Crippen molar-refractivity contribution in [1.82, 2.24) is 0 Å². The van der Waals surface area contributed by atoms with Crippen molar-refractivity contribution in [1.29, 1.82) is 5.26 Å². The van der Waals surface area contributed by atoms with E-state index in [4.69, 9.17) is 11.0 Å². The lowest BCUT2D eigenvalue weighted by atomic mass is 9.78. The Bertz CT molecular complexity index is 546. The van der Waals surface area contributed by atoms with Crippen molar-refractivity contribution >= 4 is 5.84 Å². The SMILES string of the molecule is CC(C)(C)c1cc(/C(N)=N/C#N)cc(C(C)(C)C)c1O. The lowest BCUT2D eigenvalue weighted by Crippen LogP contribution is -2.21. The van der Waals surface area contributed by atoms with E-state index in [-0.39, 0.29) is 16.7 Å². The van der Waals surface area contributed by atoms with Crippen LogP contribution < -0.4 is 5.73 Å². The van der Waals surface area contributed by atoms with Gasteiger partial charge in [-0.3, -0.25) is 0 Å². The highest BCUT2D eigenvalue weighted by atomic mass is 16.3. The van der Waals surface area contributed by atoms with Gasteiger partial charge in [-0.15, -0.1) is 0 Å². The largest absolute Gasteiger partial charge is 0.507 e. The molecule has 0 fully saturated rings. The van der Waals surface area contributed by atoms with Gasteiger partial charge in [-0.25, -0.2) is 0 Å². The molecule has 4 heteroatoms. The molecule has 1 rings (SSSR count). The van der Waals surface area contributed by atoms with E-state index in [0.29, 0.717) is 11.3 Å². The summed E-state index contributed by atoms with van der Waals surface area (Å²) in [6.07, 6.45) is 1.70. The van der Waals surface area contributed by atoms with E-state index in [0.717, 1.165) is 11.1 Å². The zero-order valence-electron chi connectivity index (χ0n) is 13.1. The zero-order valence-corrected chi connectivity index (χ0v) is 13.1. The maximum Gasteiger partial charge on any atom is 0.207 e. The lowest BCUT2D eigenvalue weighted by molar-refractivity contribution is 0.423. The number of phenolic OH excluding ortho intramolecular Hbond substituents is 1. The molecule has 0 atom stereocenters. The number of nitrogens with two attached hydrogens (primary N) is 1. The van der Waals surface area contributed by atoms with Gasteiger partial charge in [-0.05, 0) is 23.0 Å². The molecule has 20 heavy (non-hydrogen) atoms. The maximum atomic E-state index is 10.6. The summed E-state index contributed by atoms with van der Waals surface area (Å²) in [5, 5.41) is 19.2. The molecule has 0 aliphatic rings. The third kappa shape index (κ3) is 3.30. The number of aliphatic imine (C=N–C) groups is 1. The van der Waals surface area contributed by atoms with E-state index in [2.05, 4.69) is 4.99 Å². The van der Waals surface area contributed by atoms with Crippen LogP contribution in [0.4, 0.5) is 0 Å². The van der Waals surface area contributed by atoms with E-state index in [1.54, 1.807) is 18.3 Å². The van der Waals surface area contributed by atoms with Crippen LogP contribution in [0.25, 0.3) is 0 Å². The minimum Gasteiger partial charge on any atom is -0.507 e. The molecular weight excluding hydrogens is 250 g/mol. The van der Waals surface area contributed by atoms with Crippen molar-refractivity contribution in [2.75, 3.05) is 0 Å². The number of phenols is 1. The van der Waals surface area contributed by atoms with Crippen LogP contribution in [-0.4, -0.2) is 10.9 Å². The third-order valence-electron chi connectivity index (χ3n) is 3.19. The summed E-state index contributed by atoms with van der Waals surface area (Å²) in [5.74, 6) is 0.460. The van der Waals surface area contributed by atoms with Crippen molar-refractivity contribution < 1.29 is 5.11 Å². The highest BCUT2D eigenvalue weighted by molar-refractivity contribution is 5.98. The predicted molar refractivity (Wildman–Crippen MR) is 81.8 cm³/mol. The first kappa shape index (κ1) is 16.0. The zero-order chi connectivity index (χ0) is 15.7. The van der Waals surface area contributed by atoms with Gasteiger partial charge in [-0.2, -0.15) is 10.3 Å². The van der Waals surface area contributed by atoms with E-state index < -0.39 is 0 Å². The van der Waals surface area contributed by atoms with Gasteiger partial charge in [0, 0.05) is 16.7 Å². The second-order valence-corrected chi connectivity index (χ2v) is 7.02. The molecule has 0 saturated heterocycles. The molecule has 108 valence electrons.